The summed E-state index contributed by atoms with van der Waals surface area (Å²) in [6.07, 6.45) is 7.13. The molecule has 4 aliphatic rings. The van der Waals surface area contributed by atoms with E-state index in [-0.39, 0.29) is 5.56 Å². The number of nitrogens with two attached hydrogens (primary N) is 1. The molecule has 3 N–H and O–H groups in total. The van der Waals surface area contributed by atoms with Gasteiger partial charge in [-0.3, -0.25) is 4.79 Å². The molecule has 0 spiro atoms. The number of nitrogens with one attached hydrogen (secondary N) is 1. The van der Waals surface area contributed by atoms with E-state index in [4.69, 9.17) is 5.73 Å². The van der Waals surface area contributed by atoms with Crippen LogP contribution in [0, 0.1) is 30.6 Å². The number of rotatable bonds is 2. The predicted octanol–water partition coefficient (Wildman–Crippen LogP) is 2.68. The highest BCUT2D eigenvalue weighted by Gasteiger charge is 2.48. The van der Waals surface area contributed by atoms with Crippen LogP contribution in [0.25, 0.3) is 0 Å². The SMILES string of the molecule is Cc1[nH]c(=O)c(CN)cc1C1C2CC3CC(C2)CC1C3. The van der Waals surface area contributed by atoms with Crippen LogP contribution in [-0.2, 0) is 6.54 Å². The Balaban J connectivity index is 1.76. The average molecular weight is 272 g/mol. The summed E-state index contributed by atoms with van der Waals surface area (Å²) < 4.78 is 0. The van der Waals surface area contributed by atoms with Crippen molar-refractivity contribution in [1.29, 1.82) is 0 Å². The first-order chi connectivity index (χ1) is 9.65. The van der Waals surface area contributed by atoms with Gasteiger partial charge in [0.05, 0.1) is 0 Å². The largest absolute Gasteiger partial charge is 0.326 e. The first-order valence-corrected chi connectivity index (χ1v) is 8.08. The summed E-state index contributed by atoms with van der Waals surface area (Å²) in [4.78, 5) is 14.9. The number of pyridine rings is 1. The molecule has 0 unspecified atom stereocenters. The molecule has 4 bridgehead atoms. The fraction of sp³-hybridized carbons (Fsp3) is 0.706. The Labute approximate surface area is 120 Å². The van der Waals surface area contributed by atoms with Crippen molar-refractivity contribution < 1.29 is 0 Å². The number of hydrogen-bond acceptors (Lipinski definition) is 2. The Hall–Kier alpha value is -1.09. The molecule has 0 saturated heterocycles. The highest BCUT2D eigenvalue weighted by molar-refractivity contribution is 5.31. The Morgan fingerprint density at radius 1 is 1.15 bits per heavy atom. The van der Waals surface area contributed by atoms with Gasteiger partial charge in [-0.25, -0.2) is 0 Å². The molecule has 3 heteroatoms. The van der Waals surface area contributed by atoms with Crippen molar-refractivity contribution >= 4 is 0 Å². The van der Waals surface area contributed by atoms with Crippen molar-refractivity contribution in [2.45, 2.75) is 51.5 Å². The van der Waals surface area contributed by atoms with Crippen LogP contribution in [0.1, 0.15) is 54.8 Å². The molecule has 4 aliphatic carbocycles. The summed E-state index contributed by atoms with van der Waals surface area (Å²) in [5.74, 6) is 4.35. The first kappa shape index (κ1) is 12.6. The minimum Gasteiger partial charge on any atom is -0.326 e. The normalized spacial score (nSPS) is 38.4. The molecule has 4 saturated carbocycles. The summed E-state index contributed by atoms with van der Waals surface area (Å²) in [5.41, 5.74) is 8.93. The lowest BCUT2D eigenvalue weighted by Crippen LogP contribution is -2.44. The van der Waals surface area contributed by atoms with E-state index in [1.807, 2.05) is 0 Å². The Morgan fingerprint density at radius 3 is 2.30 bits per heavy atom. The molecule has 0 aromatic carbocycles. The summed E-state index contributed by atoms with van der Waals surface area (Å²) in [5, 5.41) is 0. The summed E-state index contributed by atoms with van der Waals surface area (Å²) in [6, 6.07) is 2.11. The van der Waals surface area contributed by atoms with Gasteiger partial charge < -0.3 is 10.7 Å². The summed E-state index contributed by atoms with van der Waals surface area (Å²) >= 11 is 0. The lowest BCUT2D eigenvalue weighted by atomic mass is 9.50. The standard InChI is InChI=1S/C17H24N2O/c1-9-15(7-14(8-18)17(20)19-9)16-12-3-10-2-11(5-12)6-13(16)4-10/h7,10-13,16H,2-6,8,18H2,1H3,(H,19,20). The molecule has 3 nitrogen and oxygen atoms in total. The minimum atomic E-state index is -0.00225. The second-order valence-electron chi connectivity index (χ2n) is 7.36. The van der Waals surface area contributed by atoms with E-state index >= 15 is 0 Å². The quantitative estimate of drug-likeness (QED) is 0.869. The molecule has 108 valence electrons. The second-order valence-corrected chi connectivity index (χ2v) is 7.36. The third kappa shape index (κ3) is 1.79. The maximum atomic E-state index is 11.9. The highest BCUT2D eigenvalue weighted by atomic mass is 16.1. The van der Waals surface area contributed by atoms with Crippen LogP contribution in [-0.4, -0.2) is 4.98 Å². The first-order valence-electron chi connectivity index (χ1n) is 8.08. The zero-order valence-electron chi connectivity index (χ0n) is 12.2. The number of aromatic nitrogens is 1. The molecular formula is C17H24N2O. The summed E-state index contributed by atoms with van der Waals surface area (Å²) in [7, 11) is 0. The van der Waals surface area contributed by atoms with E-state index in [0.717, 1.165) is 34.9 Å². The van der Waals surface area contributed by atoms with E-state index in [1.165, 1.54) is 37.7 Å². The van der Waals surface area contributed by atoms with Gasteiger partial charge in [0.1, 0.15) is 0 Å². The molecule has 0 atom stereocenters. The van der Waals surface area contributed by atoms with E-state index < -0.39 is 0 Å². The highest BCUT2D eigenvalue weighted by Crippen LogP contribution is 2.59. The van der Waals surface area contributed by atoms with Crippen LogP contribution >= 0.6 is 0 Å². The van der Waals surface area contributed by atoms with Crippen molar-refractivity contribution in [2.24, 2.45) is 29.4 Å². The second kappa shape index (κ2) is 4.45. The van der Waals surface area contributed by atoms with E-state index in [1.54, 1.807) is 0 Å². The number of H-pyrrole nitrogens is 1. The van der Waals surface area contributed by atoms with E-state index in [9.17, 15) is 4.79 Å². The molecule has 0 aliphatic heterocycles. The lowest BCUT2D eigenvalue weighted by molar-refractivity contribution is -0.00313. The van der Waals surface area contributed by atoms with E-state index in [2.05, 4.69) is 18.0 Å². The van der Waals surface area contributed by atoms with Crippen LogP contribution in [0.4, 0.5) is 0 Å². The lowest BCUT2D eigenvalue weighted by Gasteiger charge is -2.54. The third-order valence-corrected chi connectivity index (χ3v) is 6.16. The molecule has 5 rings (SSSR count). The van der Waals surface area contributed by atoms with Crippen LogP contribution < -0.4 is 11.3 Å². The molecule has 4 fully saturated rings. The summed E-state index contributed by atoms with van der Waals surface area (Å²) in [6.45, 7) is 2.40. The van der Waals surface area contributed by atoms with Crippen molar-refractivity contribution in [3.8, 4) is 0 Å². The number of hydrogen-bond donors (Lipinski definition) is 2. The van der Waals surface area contributed by atoms with Gasteiger partial charge in [0.2, 0.25) is 0 Å². The number of aromatic amines is 1. The Bertz CT molecular complexity index is 561. The molecular weight excluding hydrogens is 248 g/mol. The molecule has 20 heavy (non-hydrogen) atoms. The monoisotopic (exact) mass is 272 g/mol. The van der Waals surface area contributed by atoms with Gasteiger partial charge in [-0.15, -0.1) is 0 Å². The van der Waals surface area contributed by atoms with Gasteiger partial charge in [0.25, 0.3) is 5.56 Å². The zero-order valence-corrected chi connectivity index (χ0v) is 12.2. The van der Waals surface area contributed by atoms with Crippen LogP contribution in [0.2, 0.25) is 0 Å². The fourth-order valence-corrected chi connectivity index (χ4v) is 5.62. The molecule has 0 radical (unpaired) electrons. The van der Waals surface area contributed by atoms with Gasteiger partial charge in [0.15, 0.2) is 0 Å². The molecule has 1 aromatic heterocycles. The average Bonchev–Trinajstić information content (AvgIpc) is 2.39. The maximum absolute atomic E-state index is 11.9. The predicted molar refractivity (Wildman–Crippen MR) is 79.5 cm³/mol. The maximum Gasteiger partial charge on any atom is 0.252 e. The molecule has 1 aromatic rings. The molecule has 0 amide bonds. The van der Waals surface area contributed by atoms with Gasteiger partial charge >= 0.3 is 0 Å². The Morgan fingerprint density at radius 2 is 1.75 bits per heavy atom. The van der Waals surface area contributed by atoms with Gasteiger partial charge in [-0.2, -0.15) is 0 Å². The third-order valence-electron chi connectivity index (χ3n) is 6.16. The number of aryl methyl sites for hydroxylation is 1. The van der Waals surface area contributed by atoms with Gasteiger partial charge in [-0.05, 0) is 80.2 Å². The van der Waals surface area contributed by atoms with Crippen molar-refractivity contribution in [3.05, 3.63) is 33.2 Å². The molecule has 1 heterocycles. The fourth-order valence-electron chi connectivity index (χ4n) is 5.62. The zero-order chi connectivity index (χ0) is 13.9. The Kier molecular flexibility index (Phi) is 2.81. The van der Waals surface area contributed by atoms with Crippen molar-refractivity contribution in [3.63, 3.8) is 0 Å². The van der Waals surface area contributed by atoms with Crippen LogP contribution in [0.15, 0.2) is 10.9 Å². The van der Waals surface area contributed by atoms with Crippen molar-refractivity contribution in [2.75, 3.05) is 0 Å². The van der Waals surface area contributed by atoms with Crippen molar-refractivity contribution in [1.82, 2.24) is 4.98 Å². The van der Waals surface area contributed by atoms with Gasteiger partial charge in [-0.1, -0.05) is 0 Å². The van der Waals surface area contributed by atoms with E-state index in [0.29, 0.717) is 12.5 Å². The minimum absolute atomic E-state index is 0.00225. The van der Waals surface area contributed by atoms with Crippen LogP contribution in [0.3, 0.4) is 0 Å². The topological polar surface area (TPSA) is 58.9 Å². The van der Waals surface area contributed by atoms with Gasteiger partial charge in [0, 0.05) is 17.8 Å². The smallest absolute Gasteiger partial charge is 0.252 e. The van der Waals surface area contributed by atoms with Crippen LogP contribution in [0.5, 0.6) is 0 Å².